The van der Waals surface area contributed by atoms with Gasteiger partial charge < -0.3 is 19.7 Å². The summed E-state index contributed by atoms with van der Waals surface area (Å²) in [6.07, 6.45) is 5.78. The Labute approximate surface area is 153 Å². The molecule has 0 bridgehead atoms. The van der Waals surface area contributed by atoms with Crippen LogP contribution < -0.4 is 19.7 Å². The number of halogens is 1. The van der Waals surface area contributed by atoms with Gasteiger partial charge in [0.05, 0.1) is 14.2 Å². The number of nitrogens with one attached hydrogen (secondary N) is 1. The molecular weight excluding hydrogens is 340 g/mol. The normalized spacial score (nSPS) is 17.4. The van der Waals surface area contributed by atoms with Gasteiger partial charge in [0, 0.05) is 54.7 Å². The Balaban J connectivity index is 1.66. The Morgan fingerprint density at radius 3 is 2.76 bits per heavy atom. The summed E-state index contributed by atoms with van der Waals surface area (Å²) in [4.78, 5) is 10.9. The summed E-state index contributed by atoms with van der Waals surface area (Å²) < 4.78 is 10.9. The van der Waals surface area contributed by atoms with E-state index in [-0.39, 0.29) is 0 Å². The molecule has 1 aromatic heterocycles. The second-order valence-electron chi connectivity index (χ2n) is 6.02. The highest BCUT2D eigenvalue weighted by molar-refractivity contribution is 6.30. The summed E-state index contributed by atoms with van der Waals surface area (Å²) in [5.74, 6) is 2.16. The molecule has 25 heavy (non-hydrogen) atoms. The number of ether oxygens (including phenoxy) is 2. The molecule has 0 aliphatic carbocycles. The molecule has 1 aliphatic heterocycles. The number of rotatable bonds is 6. The molecule has 1 fully saturated rings. The van der Waals surface area contributed by atoms with Crippen molar-refractivity contribution in [2.24, 2.45) is 0 Å². The van der Waals surface area contributed by atoms with Gasteiger partial charge in [-0.1, -0.05) is 11.6 Å². The molecule has 0 saturated carbocycles. The molecule has 3 rings (SSSR count). The lowest BCUT2D eigenvalue weighted by atomic mass is 10.1. The Morgan fingerprint density at radius 2 is 2.04 bits per heavy atom. The summed E-state index contributed by atoms with van der Waals surface area (Å²) >= 11 is 6.19. The summed E-state index contributed by atoms with van der Waals surface area (Å²) in [5, 5.41) is 4.24. The third-order valence-electron chi connectivity index (χ3n) is 4.36. The molecule has 1 aliphatic rings. The van der Waals surface area contributed by atoms with E-state index in [2.05, 4.69) is 20.2 Å². The standard InChI is InChI=1S/C18H23ClN4O2/c1-24-16-10-14(19)9-13(17(16)25-2)11-22-15-5-3-8-23(12-15)18-20-6-4-7-21-18/h4,6-7,9-10,15,22H,3,5,8,11-12H2,1-2H3. The number of aromatic nitrogens is 2. The average molecular weight is 363 g/mol. The first kappa shape index (κ1) is 17.8. The lowest BCUT2D eigenvalue weighted by Crippen LogP contribution is -2.46. The van der Waals surface area contributed by atoms with E-state index in [0.717, 1.165) is 43.2 Å². The van der Waals surface area contributed by atoms with Gasteiger partial charge in [-0.3, -0.25) is 0 Å². The van der Waals surface area contributed by atoms with Gasteiger partial charge in [0.15, 0.2) is 11.5 Å². The van der Waals surface area contributed by atoms with Crippen LogP contribution in [0, 0.1) is 0 Å². The average Bonchev–Trinajstić information content (AvgIpc) is 2.66. The second kappa shape index (κ2) is 8.36. The summed E-state index contributed by atoms with van der Waals surface area (Å²) in [7, 11) is 3.26. The number of anilines is 1. The number of piperidine rings is 1. The van der Waals surface area contributed by atoms with E-state index in [1.54, 1.807) is 32.7 Å². The number of methoxy groups -OCH3 is 2. The monoisotopic (exact) mass is 362 g/mol. The highest BCUT2D eigenvalue weighted by Gasteiger charge is 2.22. The van der Waals surface area contributed by atoms with Crippen LogP contribution in [0.1, 0.15) is 18.4 Å². The van der Waals surface area contributed by atoms with Crippen molar-refractivity contribution in [3.63, 3.8) is 0 Å². The zero-order valence-corrected chi connectivity index (χ0v) is 15.3. The summed E-state index contributed by atoms with van der Waals surface area (Å²) in [6, 6.07) is 5.87. The van der Waals surface area contributed by atoms with E-state index < -0.39 is 0 Å². The molecule has 0 radical (unpaired) electrons. The summed E-state index contributed by atoms with van der Waals surface area (Å²) in [5.41, 5.74) is 0.986. The van der Waals surface area contributed by atoms with E-state index in [0.29, 0.717) is 23.4 Å². The molecule has 1 saturated heterocycles. The molecule has 1 unspecified atom stereocenters. The number of hydrogen-bond donors (Lipinski definition) is 1. The predicted molar refractivity (Wildman–Crippen MR) is 98.7 cm³/mol. The van der Waals surface area contributed by atoms with E-state index in [1.807, 2.05) is 12.1 Å². The van der Waals surface area contributed by atoms with Gasteiger partial charge in [-0.25, -0.2) is 9.97 Å². The highest BCUT2D eigenvalue weighted by Crippen LogP contribution is 2.34. The third-order valence-corrected chi connectivity index (χ3v) is 4.58. The van der Waals surface area contributed by atoms with Crippen LogP contribution in [0.2, 0.25) is 5.02 Å². The molecule has 1 N–H and O–H groups in total. The molecule has 2 heterocycles. The van der Waals surface area contributed by atoms with Crippen molar-refractivity contribution in [3.05, 3.63) is 41.2 Å². The van der Waals surface area contributed by atoms with Crippen molar-refractivity contribution in [3.8, 4) is 11.5 Å². The van der Waals surface area contributed by atoms with Gasteiger partial charge in [-0.2, -0.15) is 0 Å². The van der Waals surface area contributed by atoms with Crippen molar-refractivity contribution < 1.29 is 9.47 Å². The Hall–Kier alpha value is -2.05. The van der Waals surface area contributed by atoms with Gasteiger partial charge in [0.2, 0.25) is 5.95 Å². The zero-order chi connectivity index (χ0) is 17.6. The van der Waals surface area contributed by atoms with Crippen molar-refractivity contribution in [2.75, 3.05) is 32.2 Å². The largest absolute Gasteiger partial charge is 0.493 e. The molecule has 2 aromatic rings. The molecule has 134 valence electrons. The molecule has 1 atom stereocenters. The zero-order valence-electron chi connectivity index (χ0n) is 14.5. The lowest BCUT2D eigenvalue weighted by molar-refractivity contribution is 0.348. The van der Waals surface area contributed by atoms with Gasteiger partial charge in [-0.15, -0.1) is 0 Å². The van der Waals surface area contributed by atoms with Crippen LogP contribution in [0.25, 0.3) is 0 Å². The highest BCUT2D eigenvalue weighted by atomic mass is 35.5. The molecule has 0 spiro atoms. The van der Waals surface area contributed by atoms with Crippen molar-refractivity contribution in [2.45, 2.75) is 25.4 Å². The quantitative estimate of drug-likeness (QED) is 0.852. The molecule has 0 amide bonds. The fourth-order valence-corrected chi connectivity index (χ4v) is 3.40. The second-order valence-corrected chi connectivity index (χ2v) is 6.45. The first-order chi connectivity index (χ1) is 12.2. The molecule has 6 nitrogen and oxygen atoms in total. The molecular formula is C18H23ClN4O2. The summed E-state index contributed by atoms with van der Waals surface area (Å²) in [6.45, 7) is 2.52. The SMILES string of the molecule is COc1cc(Cl)cc(CNC2CCCN(c3ncccn3)C2)c1OC. The number of benzene rings is 1. The number of hydrogen-bond acceptors (Lipinski definition) is 6. The maximum Gasteiger partial charge on any atom is 0.225 e. The Kier molecular flexibility index (Phi) is 5.94. The van der Waals surface area contributed by atoms with Crippen LogP contribution in [0.3, 0.4) is 0 Å². The van der Waals surface area contributed by atoms with E-state index >= 15 is 0 Å². The van der Waals surface area contributed by atoms with Gasteiger partial charge in [0.25, 0.3) is 0 Å². The Morgan fingerprint density at radius 1 is 1.24 bits per heavy atom. The smallest absolute Gasteiger partial charge is 0.225 e. The minimum absolute atomic E-state index is 0.354. The fourth-order valence-electron chi connectivity index (χ4n) is 3.17. The van der Waals surface area contributed by atoms with Crippen LogP contribution in [-0.4, -0.2) is 43.3 Å². The van der Waals surface area contributed by atoms with Crippen LogP contribution in [0.4, 0.5) is 5.95 Å². The van der Waals surface area contributed by atoms with Gasteiger partial charge >= 0.3 is 0 Å². The van der Waals surface area contributed by atoms with E-state index in [9.17, 15) is 0 Å². The van der Waals surface area contributed by atoms with Crippen molar-refractivity contribution >= 4 is 17.5 Å². The van der Waals surface area contributed by atoms with Crippen LogP contribution in [0.5, 0.6) is 11.5 Å². The fraction of sp³-hybridized carbons (Fsp3) is 0.444. The minimum Gasteiger partial charge on any atom is -0.493 e. The topological polar surface area (TPSA) is 59.5 Å². The predicted octanol–water partition coefficient (Wildman–Crippen LogP) is 2.91. The van der Waals surface area contributed by atoms with Crippen LogP contribution in [0.15, 0.2) is 30.6 Å². The first-order valence-corrected chi connectivity index (χ1v) is 8.75. The maximum atomic E-state index is 6.19. The van der Waals surface area contributed by atoms with E-state index in [4.69, 9.17) is 21.1 Å². The van der Waals surface area contributed by atoms with Crippen molar-refractivity contribution in [1.29, 1.82) is 0 Å². The number of nitrogens with zero attached hydrogens (tertiary/aromatic N) is 3. The maximum absolute atomic E-state index is 6.19. The van der Waals surface area contributed by atoms with Crippen LogP contribution >= 0.6 is 11.6 Å². The van der Waals surface area contributed by atoms with Gasteiger partial charge in [-0.05, 0) is 25.0 Å². The van der Waals surface area contributed by atoms with Crippen LogP contribution in [-0.2, 0) is 6.54 Å². The first-order valence-electron chi connectivity index (χ1n) is 8.37. The lowest BCUT2D eigenvalue weighted by Gasteiger charge is -2.33. The third kappa shape index (κ3) is 4.32. The Bertz CT molecular complexity index is 699. The molecule has 1 aromatic carbocycles. The van der Waals surface area contributed by atoms with Gasteiger partial charge in [0.1, 0.15) is 0 Å². The van der Waals surface area contributed by atoms with E-state index in [1.165, 1.54) is 0 Å². The van der Waals surface area contributed by atoms with Crippen molar-refractivity contribution in [1.82, 2.24) is 15.3 Å². The minimum atomic E-state index is 0.354. The molecule has 7 heteroatoms.